The molecule has 0 spiro atoms. The molecule has 23 heavy (non-hydrogen) atoms. The third kappa shape index (κ3) is 5.44. The van der Waals surface area contributed by atoms with Gasteiger partial charge in [0, 0.05) is 0 Å². The molecule has 0 aliphatic heterocycles. The van der Waals surface area contributed by atoms with E-state index in [0.717, 1.165) is 0 Å². The molecule has 0 radical (unpaired) electrons. The molecule has 0 unspecified atom stereocenters. The predicted octanol–water partition coefficient (Wildman–Crippen LogP) is 2.27. The van der Waals surface area contributed by atoms with E-state index in [1.165, 1.54) is 24.3 Å². The SMILES string of the molecule is CC(C)OC(=O)NN(C(=O)OC(C)C)S(=O)(=O)c1ccccc1. The Morgan fingerprint density at radius 3 is 2.00 bits per heavy atom. The second-order valence-corrected chi connectivity index (χ2v) is 6.87. The molecule has 128 valence electrons. The van der Waals surface area contributed by atoms with Crippen molar-refractivity contribution in [2.45, 2.75) is 44.8 Å². The van der Waals surface area contributed by atoms with Crippen LogP contribution in [0.4, 0.5) is 9.59 Å². The number of hydrogen-bond acceptors (Lipinski definition) is 6. The van der Waals surface area contributed by atoms with Crippen molar-refractivity contribution in [1.82, 2.24) is 9.84 Å². The van der Waals surface area contributed by atoms with Crippen LogP contribution in [-0.4, -0.2) is 37.2 Å². The number of hydrogen-bond donors (Lipinski definition) is 1. The third-order valence-electron chi connectivity index (χ3n) is 2.32. The first-order chi connectivity index (χ1) is 10.6. The number of nitrogens with one attached hydrogen (secondary N) is 1. The van der Waals surface area contributed by atoms with Crippen LogP contribution in [0.2, 0.25) is 0 Å². The number of rotatable bonds is 4. The number of benzene rings is 1. The van der Waals surface area contributed by atoms with Gasteiger partial charge in [0.1, 0.15) is 0 Å². The molecule has 0 aromatic heterocycles. The summed E-state index contributed by atoms with van der Waals surface area (Å²) in [6.45, 7) is 6.28. The molecule has 0 saturated carbocycles. The smallest absolute Gasteiger partial charge is 0.443 e. The summed E-state index contributed by atoms with van der Waals surface area (Å²) >= 11 is 0. The number of ether oxygens (including phenoxy) is 2. The fraction of sp³-hybridized carbons (Fsp3) is 0.429. The minimum absolute atomic E-state index is 0.132. The number of sulfonamides is 1. The van der Waals surface area contributed by atoms with Gasteiger partial charge in [-0.1, -0.05) is 18.2 Å². The minimum atomic E-state index is -4.33. The highest BCUT2D eigenvalue weighted by molar-refractivity contribution is 7.89. The van der Waals surface area contributed by atoms with E-state index >= 15 is 0 Å². The Morgan fingerprint density at radius 2 is 1.52 bits per heavy atom. The molecule has 0 saturated heterocycles. The van der Waals surface area contributed by atoms with Crippen LogP contribution in [0, 0.1) is 0 Å². The molecule has 8 nitrogen and oxygen atoms in total. The maximum Gasteiger partial charge on any atom is 0.443 e. The van der Waals surface area contributed by atoms with Crippen molar-refractivity contribution in [2.24, 2.45) is 0 Å². The number of carbonyl (C=O) groups excluding carboxylic acids is 2. The molecule has 1 aromatic rings. The molecule has 0 atom stereocenters. The van der Waals surface area contributed by atoms with Gasteiger partial charge in [-0.15, -0.1) is 4.41 Å². The molecule has 1 aromatic carbocycles. The Hall–Kier alpha value is -2.29. The molecule has 0 bridgehead atoms. The zero-order valence-corrected chi connectivity index (χ0v) is 14.2. The summed E-state index contributed by atoms with van der Waals surface area (Å²) in [7, 11) is -4.33. The molecular formula is C14H20N2O6S. The Balaban J connectivity index is 3.13. The number of hydrazine groups is 1. The average molecular weight is 344 g/mol. The van der Waals surface area contributed by atoms with Gasteiger partial charge < -0.3 is 9.47 Å². The quantitative estimate of drug-likeness (QED) is 0.841. The Morgan fingerprint density at radius 1 is 1.00 bits per heavy atom. The Labute approximate surface area is 135 Å². The van der Waals surface area contributed by atoms with Gasteiger partial charge >= 0.3 is 12.2 Å². The molecule has 1 rings (SSSR count). The summed E-state index contributed by atoms with van der Waals surface area (Å²) in [5.74, 6) is 0. The van der Waals surface area contributed by atoms with Crippen LogP contribution >= 0.6 is 0 Å². The van der Waals surface area contributed by atoms with Gasteiger partial charge in [0.2, 0.25) is 0 Å². The molecule has 0 aliphatic rings. The first kappa shape index (κ1) is 18.8. The summed E-state index contributed by atoms with van der Waals surface area (Å²) in [5.41, 5.74) is 1.90. The summed E-state index contributed by atoms with van der Waals surface area (Å²) in [5, 5.41) is 0. The van der Waals surface area contributed by atoms with E-state index in [1.807, 2.05) is 5.43 Å². The van der Waals surface area contributed by atoms with Crippen LogP contribution < -0.4 is 5.43 Å². The van der Waals surface area contributed by atoms with Gasteiger partial charge in [-0.05, 0) is 39.8 Å². The normalized spacial score (nSPS) is 11.2. The van der Waals surface area contributed by atoms with Crippen LogP contribution in [-0.2, 0) is 19.5 Å². The van der Waals surface area contributed by atoms with Gasteiger partial charge in [0.05, 0.1) is 17.1 Å². The van der Waals surface area contributed by atoms with Gasteiger partial charge in [0.15, 0.2) is 0 Å². The van der Waals surface area contributed by atoms with E-state index in [0.29, 0.717) is 0 Å². The van der Waals surface area contributed by atoms with Crippen molar-refractivity contribution >= 4 is 22.2 Å². The third-order valence-corrected chi connectivity index (χ3v) is 3.91. The molecule has 9 heteroatoms. The summed E-state index contributed by atoms with van der Waals surface area (Å²) < 4.78 is 34.9. The lowest BCUT2D eigenvalue weighted by atomic mass is 10.4. The zero-order valence-electron chi connectivity index (χ0n) is 13.3. The van der Waals surface area contributed by atoms with Gasteiger partial charge in [-0.3, -0.25) is 0 Å². The highest BCUT2D eigenvalue weighted by Crippen LogP contribution is 2.15. The highest BCUT2D eigenvalue weighted by Gasteiger charge is 2.33. The van der Waals surface area contributed by atoms with Crippen molar-refractivity contribution in [3.05, 3.63) is 30.3 Å². The van der Waals surface area contributed by atoms with Crippen LogP contribution in [0.3, 0.4) is 0 Å². The first-order valence-corrected chi connectivity index (χ1v) is 8.37. The predicted molar refractivity (Wildman–Crippen MR) is 81.8 cm³/mol. The second-order valence-electron chi connectivity index (χ2n) is 5.08. The molecule has 0 fully saturated rings. The monoisotopic (exact) mass is 344 g/mol. The molecule has 2 amide bonds. The van der Waals surface area contributed by atoms with E-state index in [-0.39, 0.29) is 9.31 Å². The largest absolute Gasteiger partial charge is 0.446 e. The summed E-state index contributed by atoms with van der Waals surface area (Å²) in [4.78, 5) is 23.6. The Bertz CT molecular complexity index is 642. The van der Waals surface area contributed by atoms with Gasteiger partial charge in [-0.2, -0.15) is 8.42 Å². The second kappa shape index (κ2) is 7.82. The topological polar surface area (TPSA) is 102 Å². The van der Waals surface area contributed by atoms with E-state index in [4.69, 9.17) is 9.47 Å². The van der Waals surface area contributed by atoms with E-state index in [9.17, 15) is 18.0 Å². The first-order valence-electron chi connectivity index (χ1n) is 6.93. The lowest BCUT2D eigenvalue weighted by Crippen LogP contribution is -2.50. The van der Waals surface area contributed by atoms with E-state index in [1.54, 1.807) is 33.8 Å². The Kier molecular flexibility index (Phi) is 6.38. The maximum absolute atomic E-state index is 12.5. The average Bonchev–Trinajstić information content (AvgIpc) is 2.44. The van der Waals surface area contributed by atoms with Gasteiger partial charge in [-0.25, -0.2) is 15.0 Å². The zero-order chi connectivity index (χ0) is 17.6. The number of nitrogens with zero attached hydrogens (tertiary/aromatic N) is 1. The maximum atomic E-state index is 12.5. The lowest BCUT2D eigenvalue weighted by molar-refractivity contribution is 0.0715. The van der Waals surface area contributed by atoms with Crippen molar-refractivity contribution in [3.63, 3.8) is 0 Å². The number of amides is 2. The van der Waals surface area contributed by atoms with Crippen molar-refractivity contribution < 1.29 is 27.5 Å². The fourth-order valence-electron chi connectivity index (χ4n) is 1.47. The summed E-state index contributed by atoms with van der Waals surface area (Å²) in [6, 6.07) is 7.19. The highest BCUT2D eigenvalue weighted by atomic mass is 32.2. The van der Waals surface area contributed by atoms with Crippen molar-refractivity contribution in [3.8, 4) is 0 Å². The van der Waals surface area contributed by atoms with Gasteiger partial charge in [0.25, 0.3) is 10.0 Å². The van der Waals surface area contributed by atoms with Crippen molar-refractivity contribution in [1.29, 1.82) is 0 Å². The lowest BCUT2D eigenvalue weighted by Gasteiger charge is -2.23. The molecule has 0 heterocycles. The summed E-state index contributed by atoms with van der Waals surface area (Å²) in [6.07, 6.45) is -3.37. The fourth-order valence-corrected chi connectivity index (χ4v) is 2.62. The van der Waals surface area contributed by atoms with E-state index in [2.05, 4.69) is 0 Å². The molecule has 1 N–H and O–H groups in total. The number of carbonyl (C=O) groups is 2. The van der Waals surface area contributed by atoms with Crippen LogP contribution in [0.5, 0.6) is 0 Å². The van der Waals surface area contributed by atoms with Crippen molar-refractivity contribution in [2.75, 3.05) is 0 Å². The van der Waals surface area contributed by atoms with Crippen LogP contribution in [0.1, 0.15) is 27.7 Å². The molecule has 0 aliphatic carbocycles. The minimum Gasteiger partial charge on any atom is -0.446 e. The standard InChI is InChI=1S/C14H20N2O6S/c1-10(2)21-13(17)15-16(14(18)22-11(3)4)23(19,20)12-8-6-5-7-9-12/h5-11H,1-4H3,(H,15,17). The molecular weight excluding hydrogens is 324 g/mol. The van der Waals surface area contributed by atoms with E-state index < -0.39 is 34.4 Å². The van der Waals surface area contributed by atoms with Crippen LogP contribution in [0.25, 0.3) is 0 Å². The van der Waals surface area contributed by atoms with Crippen LogP contribution in [0.15, 0.2) is 35.2 Å².